The Hall–Kier alpha value is 0.0400. The number of thiol groups is 1. The third-order valence-corrected chi connectivity index (χ3v) is 1.76. The van der Waals surface area contributed by atoms with Gasteiger partial charge in [0.25, 0.3) is 0 Å². The van der Waals surface area contributed by atoms with Crippen LogP contribution in [0.1, 0.15) is 0 Å². The maximum atomic E-state index is 8.50. The number of nitrogens with two attached hydrogens (primary N) is 1. The zero-order valence-electron chi connectivity index (χ0n) is 8.28. The summed E-state index contributed by atoms with van der Waals surface area (Å²) < 4.78 is 0.406. The number of hydrogen-bond donors (Lipinski definition) is 6. The molecule has 0 radical (unpaired) electrons. The molecule has 0 heterocycles. The Balaban J connectivity index is 0. The first kappa shape index (κ1) is 17.4. The van der Waals surface area contributed by atoms with E-state index in [4.69, 9.17) is 32.6 Å². The molecule has 0 spiro atoms. The van der Waals surface area contributed by atoms with E-state index in [2.05, 4.69) is 18.4 Å². The number of rotatable bonds is 5. The maximum Gasteiger partial charge on any atom is 0.163 e. The Bertz CT molecular complexity index is 154. The van der Waals surface area contributed by atoms with Gasteiger partial charge in [0.2, 0.25) is 0 Å². The molecule has 0 aromatic rings. The molecule has 0 atom stereocenters. The minimum Gasteiger partial charge on any atom is -0.395 e. The van der Waals surface area contributed by atoms with Crippen molar-refractivity contribution >= 4 is 29.2 Å². The molecule has 6 N–H and O–H groups in total. The highest BCUT2D eigenvalue weighted by atomic mass is 32.1. The maximum absolute atomic E-state index is 8.50. The highest BCUT2D eigenvalue weighted by molar-refractivity contribution is 8.10. The molecule has 0 saturated heterocycles. The topological polar surface area (TPSA) is 110 Å². The number of nitrogens with zero attached hydrogens (tertiary/aromatic N) is 1. The largest absolute Gasteiger partial charge is 0.395 e. The highest BCUT2D eigenvalue weighted by Gasteiger charge is 2.02. The van der Waals surface area contributed by atoms with Crippen molar-refractivity contribution in [1.82, 2.24) is 4.90 Å². The first-order valence-corrected chi connectivity index (χ1v) is 5.10. The van der Waals surface area contributed by atoms with Gasteiger partial charge >= 0.3 is 0 Å². The Morgan fingerprint density at radius 1 is 1.27 bits per heavy atom. The van der Waals surface area contributed by atoms with Gasteiger partial charge in [0.05, 0.1) is 13.2 Å². The fourth-order valence-electron chi connectivity index (χ4n) is 0.545. The van der Waals surface area contributed by atoms with Gasteiger partial charge in [-0.05, 0) is 0 Å². The fourth-order valence-corrected chi connectivity index (χ4v) is 0.927. The van der Waals surface area contributed by atoms with Crippen LogP contribution in [-0.4, -0.2) is 68.8 Å². The summed E-state index contributed by atoms with van der Waals surface area (Å²) in [7, 11) is 0. The summed E-state index contributed by atoms with van der Waals surface area (Å²) in [5, 5.41) is 32.6. The molecular weight excluding hydrogens is 240 g/mol. The van der Waals surface area contributed by atoms with Crippen molar-refractivity contribution in [3.05, 3.63) is 0 Å². The molecule has 0 aliphatic carbocycles. The normalized spacial score (nSPS) is 9.53. The van der Waals surface area contributed by atoms with Crippen LogP contribution in [0.2, 0.25) is 0 Å². The lowest BCUT2D eigenvalue weighted by Gasteiger charge is -2.19. The van der Waals surface area contributed by atoms with Crippen LogP contribution >= 0.6 is 24.8 Å². The van der Waals surface area contributed by atoms with Crippen molar-refractivity contribution in [2.24, 2.45) is 5.73 Å². The second-order valence-corrected chi connectivity index (χ2v) is 3.55. The number of aliphatic hydroxyl groups is 4. The Labute approximate surface area is 99.7 Å². The molecule has 0 aromatic carbocycles. The van der Waals surface area contributed by atoms with Crippen LogP contribution < -0.4 is 5.73 Å². The molecule has 0 fully saturated rings. The van der Waals surface area contributed by atoms with Gasteiger partial charge in [-0.1, -0.05) is 12.2 Å². The van der Waals surface area contributed by atoms with Gasteiger partial charge in [-0.25, -0.2) is 0 Å². The molecule has 0 aliphatic heterocycles. The van der Waals surface area contributed by atoms with Crippen LogP contribution in [0.4, 0.5) is 0 Å². The van der Waals surface area contributed by atoms with E-state index in [0.717, 1.165) is 0 Å². The third kappa shape index (κ3) is 14.0. The molecule has 0 unspecified atom stereocenters. The summed E-state index contributed by atoms with van der Waals surface area (Å²) in [4.78, 5) is 1.62. The molecule has 0 aliphatic rings. The van der Waals surface area contributed by atoms with E-state index >= 15 is 0 Å². The first-order valence-electron chi connectivity index (χ1n) is 4.25. The van der Waals surface area contributed by atoms with E-state index in [9.17, 15) is 0 Å². The smallest absolute Gasteiger partial charge is 0.163 e. The van der Waals surface area contributed by atoms with Crippen LogP contribution in [0.3, 0.4) is 0 Å². The lowest BCUT2D eigenvalue weighted by atomic mass is 10.5. The summed E-state index contributed by atoms with van der Waals surface area (Å²) >= 11 is 8.61. The average Bonchev–Trinajstić information content (AvgIpc) is 2.18. The lowest BCUT2D eigenvalue weighted by molar-refractivity contribution is -0.0309. The third-order valence-electron chi connectivity index (χ3n) is 1.22. The van der Waals surface area contributed by atoms with Gasteiger partial charge in [0, 0.05) is 19.6 Å². The lowest BCUT2D eigenvalue weighted by Crippen LogP contribution is -2.31. The summed E-state index contributed by atoms with van der Waals surface area (Å²) in [5.41, 5.74) is 4.67. The van der Waals surface area contributed by atoms with Crippen molar-refractivity contribution < 1.29 is 20.4 Å². The number of aliphatic hydroxyl groups excluding tert-OH is 3. The van der Waals surface area contributed by atoms with Crippen LogP contribution in [0, 0.1) is 0 Å². The molecule has 0 bridgehead atoms. The van der Waals surface area contributed by atoms with E-state index in [1.54, 1.807) is 4.90 Å². The second kappa shape index (κ2) is 12.1. The van der Waals surface area contributed by atoms with Gasteiger partial charge in [0.1, 0.15) is 4.32 Å². The van der Waals surface area contributed by atoms with Crippen molar-refractivity contribution in [2.45, 2.75) is 6.29 Å². The molecule has 15 heavy (non-hydrogen) atoms. The van der Waals surface area contributed by atoms with E-state index < -0.39 is 6.29 Å². The highest BCUT2D eigenvalue weighted by Crippen LogP contribution is 1.94. The van der Waals surface area contributed by atoms with Gasteiger partial charge < -0.3 is 31.1 Å². The minimum atomic E-state index is -1.34. The van der Waals surface area contributed by atoms with Gasteiger partial charge in [-0.2, -0.15) is 0 Å². The quantitative estimate of drug-likeness (QED) is 0.188. The summed E-state index contributed by atoms with van der Waals surface area (Å²) in [6, 6.07) is 0. The summed E-state index contributed by atoms with van der Waals surface area (Å²) in [6.07, 6.45) is -1.34. The predicted octanol–water partition coefficient (Wildman–Crippen LogP) is -2.26. The molecule has 0 amide bonds. The van der Waals surface area contributed by atoms with Crippen molar-refractivity contribution in [2.75, 3.05) is 32.8 Å². The molecular formula is C7H18N2O4S2. The average molecular weight is 258 g/mol. The summed E-state index contributed by atoms with van der Waals surface area (Å²) in [6.45, 7) is 0.840. The fraction of sp³-hybridized carbons (Fsp3) is 0.857. The Morgan fingerprint density at radius 2 is 1.60 bits per heavy atom. The van der Waals surface area contributed by atoms with E-state index in [1.807, 2.05) is 0 Å². The summed E-state index contributed by atoms with van der Waals surface area (Å²) in [5.74, 6) is 0. The van der Waals surface area contributed by atoms with Gasteiger partial charge in [0.15, 0.2) is 6.29 Å². The molecule has 8 heteroatoms. The zero-order chi connectivity index (χ0) is 12.3. The first-order chi connectivity index (χ1) is 6.99. The van der Waals surface area contributed by atoms with Crippen molar-refractivity contribution in [3.63, 3.8) is 0 Å². The number of thiocarbonyl (C=S) groups is 1. The molecule has 0 rings (SSSR count). The van der Waals surface area contributed by atoms with Crippen LogP contribution in [-0.2, 0) is 0 Å². The SMILES string of the molecule is NCC(O)O.OCCN(CCO)C(=S)S. The van der Waals surface area contributed by atoms with Gasteiger partial charge in [-0.15, -0.1) is 12.6 Å². The van der Waals surface area contributed by atoms with Crippen LogP contribution in [0.25, 0.3) is 0 Å². The van der Waals surface area contributed by atoms with Crippen molar-refractivity contribution in [3.8, 4) is 0 Å². The number of hydrogen-bond acceptors (Lipinski definition) is 6. The van der Waals surface area contributed by atoms with E-state index in [0.29, 0.717) is 17.4 Å². The Morgan fingerprint density at radius 3 is 1.73 bits per heavy atom. The molecule has 0 aromatic heterocycles. The van der Waals surface area contributed by atoms with E-state index in [-0.39, 0.29) is 19.8 Å². The van der Waals surface area contributed by atoms with E-state index in [1.165, 1.54) is 0 Å². The van der Waals surface area contributed by atoms with Gasteiger partial charge in [-0.3, -0.25) is 0 Å². The van der Waals surface area contributed by atoms with Crippen LogP contribution in [0.5, 0.6) is 0 Å². The molecule has 0 saturated carbocycles. The van der Waals surface area contributed by atoms with Crippen molar-refractivity contribution in [1.29, 1.82) is 0 Å². The Kier molecular flexibility index (Phi) is 14.1. The molecule has 6 nitrogen and oxygen atoms in total. The predicted molar refractivity (Wildman–Crippen MR) is 64.6 cm³/mol. The molecule has 92 valence electrons. The minimum absolute atomic E-state index is 0.0285. The van der Waals surface area contributed by atoms with Crippen LogP contribution in [0.15, 0.2) is 0 Å². The monoisotopic (exact) mass is 258 g/mol. The standard InChI is InChI=1S/C5H11NO2S2.C2H7NO2/c7-3-1-6(2-4-8)5(9)10;3-1-2(4)5/h7-8H,1-4H2,(H,9,10);2,4-5H,1,3H2. The second-order valence-electron chi connectivity index (χ2n) is 2.43. The zero-order valence-corrected chi connectivity index (χ0v) is 9.99.